The molecule has 6 heteroatoms. The number of fused-ring (bicyclic) bond motifs is 1. The van der Waals surface area contributed by atoms with Gasteiger partial charge in [0.1, 0.15) is 5.56 Å². The third kappa shape index (κ3) is 3.96. The minimum absolute atomic E-state index is 0.128. The molecule has 1 amide bonds. The third-order valence-corrected chi connectivity index (χ3v) is 4.53. The Morgan fingerprint density at radius 3 is 2.36 bits per heavy atom. The second-order valence-corrected chi connectivity index (χ2v) is 6.55. The van der Waals surface area contributed by atoms with Crippen LogP contribution in [0.2, 0.25) is 0 Å². The van der Waals surface area contributed by atoms with Crippen molar-refractivity contribution in [1.82, 2.24) is 4.98 Å². The fraction of sp³-hybridized carbons (Fsp3) is 0.227. The van der Waals surface area contributed by atoms with E-state index in [9.17, 15) is 9.59 Å². The number of aromatic nitrogens is 1. The molecular formula is C22H23N3O3. The van der Waals surface area contributed by atoms with E-state index in [-0.39, 0.29) is 12.5 Å². The van der Waals surface area contributed by atoms with Crippen LogP contribution < -0.4 is 10.6 Å². The molecule has 0 unspecified atom stereocenters. The van der Waals surface area contributed by atoms with Crippen LogP contribution >= 0.6 is 0 Å². The zero-order valence-electron chi connectivity index (χ0n) is 16.4. The van der Waals surface area contributed by atoms with Gasteiger partial charge in [-0.25, -0.2) is 4.79 Å². The van der Waals surface area contributed by atoms with Gasteiger partial charge in [0, 0.05) is 29.9 Å². The minimum atomic E-state index is -0.424. The first-order valence-electron chi connectivity index (χ1n) is 9.11. The van der Waals surface area contributed by atoms with Crippen molar-refractivity contribution in [2.75, 3.05) is 17.2 Å². The average molecular weight is 377 g/mol. The maximum absolute atomic E-state index is 12.5. The van der Waals surface area contributed by atoms with Crippen molar-refractivity contribution in [2.45, 2.75) is 27.7 Å². The van der Waals surface area contributed by atoms with Crippen LogP contribution in [-0.2, 0) is 9.53 Å². The third-order valence-electron chi connectivity index (χ3n) is 4.53. The Kier molecular flexibility index (Phi) is 5.59. The van der Waals surface area contributed by atoms with Crippen LogP contribution in [0.25, 0.3) is 10.9 Å². The van der Waals surface area contributed by atoms with Crippen LogP contribution in [0.4, 0.5) is 17.1 Å². The Morgan fingerprint density at radius 2 is 1.71 bits per heavy atom. The number of anilines is 3. The zero-order valence-corrected chi connectivity index (χ0v) is 16.4. The largest absolute Gasteiger partial charge is 0.462 e. The van der Waals surface area contributed by atoms with E-state index in [4.69, 9.17) is 4.74 Å². The van der Waals surface area contributed by atoms with Crippen LogP contribution in [0, 0.1) is 13.8 Å². The number of esters is 1. The highest BCUT2D eigenvalue weighted by Gasteiger charge is 2.18. The van der Waals surface area contributed by atoms with Gasteiger partial charge in [-0.2, -0.15) is 0 Å². The lowest BCUT2D eigenvalue weighted by Gasteiger charge is -2.16. The zero-order chi connectivity index (χ0) is 20.3. The van der Waals surface area contributed by atoms with E-state index in [2.05, 4.69) is 15.6 Å². The molecule has 28 heavy (non-hydrogen) atoms. The summed E-state index contributed by atoms with van der Waals surface area (Å²) in [5, 5.41) is 6.91. The fourth-order valence-electron chi connectivity index (χ4n) is 2.99. The number of rotatable bonds is 5. The molecule has 0 aliphatic carbocycles. The number of hydrogen-bond acceptors (Lipinski definition) is 5. The van der Waals surface area contributed by atoms with Crippen molar-refractivity contribution in [3.05, 3.63) is 59.3 Å². The molecule has 2 aromatic carbocycles. The minimum Gasteiger partial charge on any atom is -0.462 e. The van der Waals surface area contributed by atoms with Crippen molar-refractivity contribution in [3.8, 4) is 0 Å². The lowest BCUT2D eigenvalue weighted by molar-refractivity contribution is -0.114. The fourth-order valence-corrected chi connectivity index (χ4v) is 2.99. The summed E-state index contributed by atoms with van der Waals surface area (Å²) < 4.78 is 5.21. The van der Waals surface area contributed by atoms with Crippen LogP contribution in [-0.4, -0.2) is 23.5 Å². The highest BCUT2D eigenvalue weighted by atomic mass is 16.5. The van der Waals surface area contributed by atoms with E-state index in [1.165, 1.54) is 6.92 Å². The van der Waals surface area contributed by atoms with Gasteiger partial charge >= 0.3 is 5.97 Å². The summed E-state index contributed by atoms with van der Waals surface area (Å²) in [6, 6.07) is 11.3. The molecule has 0 aliphatic rings. The summed E-state index contributed by atoms with van der Waals surface area (Å²) >= 11 is 0. The van der Waals surface area contributed by atoms with Gasteiger partial charge in [-0.3, -0.25) is 9.78 Å². The SMILES string of the molecule is CCOC(=O)c1cnc2c(C)c(C)ccc2c1Nc1ccc(NC(C)=O)cc1. The number of aryl methyl sites for hydroxylation is 2. The Balaban J connectivity index is 2.08. The molecule has 6 nitrogen and oxygen atoms in total. The molecule has 0 spiro atoms. The molecule has 1 aromatic heterocycles. The van der Waals surface area contributed by atoms with Crippen molar-refractivity contribution >= 4 is 39.8 Å². The Hall–Kier alpha value is -3.41. The molecule has 3 aromatic rings. The molecule has 0 fully saturated rings. The summed E-state index contributed by atoms with van der Waals surface area (Å²) in [6.07, 6.45) is 1.56. The van der Waals surface area contributed by atoms with Gasteiger partial charge in [-0.15, -0.1) is 0 Å². The normalized spacial score (nSPS) is 10.6. The lowest BCUT2D eigenvalue weighted by atomic mass is 10.0. The predicted molar refractivity (Wildman–Crippen MR) is 111 cm³/mol. The number of carbonyl (C=O) groups is 2. The van der Waals surface area contributed by atoms with E-state index in [0.717, 1.165) is 27.7 Å². The second-order valence-electron chi connectivity index (χ2n) is 6.55. The topological polar surface area (TPSA) is 80.3 Å². The van der Waals surface area contributed by atoms with Crippen LogP contribution in [0.3, 0.4) is 0 Å². The van der Waals surface area contributed by atoms with Crippen LogP contribution in [0.15, 0.2) is 42.6 Å². The molecule has 2 N–H and O–H groups in total. The van der Waals surface area contributed by atoms with Gasteiger partial charge in [0.05, 0.1) is 17.8 Å². The highest BCUT2D eigenvalue weighted by Crippen LogP contribution is 2.32. The van der Waals surface area contributed by atoms with Crippen molar-refractivity contribution in [1.29, 1.82) is 0 Å². The molecule has 0 bridgehead atoms. The van der Waals surface area contributed by atoms with E-state index < -0.39 is 5.97 Å². The molecule has 0 radical (unpaired) electrons. The molecule has 1 heterocycles. The predicted octanol–water partition coefficient (Wildman–Crippen LogP) is 4.73. The molecule has 0 saturated carbocycles. The molecule has 144 valence electrons. The van der Waals surface area contributed by atoms with E-state index in [1.54, 1.807) is 25.3 Å². The van der Waals surface area contributed by atoms with E-state index in [1.807, 2.05) is 38.1 Å². The molecule has 3 rings (SSSR count). The number of hydrogen-bond donors (Lipinski definition) is 2. The van der Waals surface area contributed by atoms with Crippen molar-refractivity contribution in [3.63, 3.8) is 0 Å². The summed E-state index contributed by atoms with van der Waals surface area (Å²) in [4.78, 5) is 28.2. The maximum Gasteiger partial charge on any atom is 0.341 e. The van der Waals surface area contributed by atoms with Gasteiger partial charge in [0.2, 0.25) is 5.91 Å². The maximum atomic E-state index is 12.5. The summed E-state index contributed by atoms with van der Waals surface area (Å²) in [6.45, 7) is 7.57. The molecular weight excluding hydrogens is 354 g/mol. The summed E-state index contributed by atoms with van der Waals surface area (Å²) in [7, 11) is 0. The first-order valence-corrected chi connectivity index (χ1v) is 9.11. The average Bonchev–Trinajstić information content (AvgIpc) is 2.66. The first-order chi connectivity index (χ1) is 13.4. The second kappa shape index (κ2) is 8.08. The Bertz CT molecular complexity index is 1040. The summed E-state index contributed by atoms with van der Waals surface area (Å²) in [5.41, 5.74) is 5.55. The number of nitrogens with zero attached hydrogens (tertiary/aromatic N) is 1. The molecule has 0 atom stereocenters. The lowest BCUT2D eigenvalue weighted by Crippen LogP contribution is -2.10. The van der Waals surface area contributed by atoms with Crippen molar-refractivity contribution < 1.29 is 14.3 Å². The quantitative estimate of drug-likeness (QED) is 0.628. The van der Waals surface area contributed by atoms with Crippen LogP contribution in [0.1, 0.15) is 35.3 Å². The monoisotopic (exact) mass is 377 g/mol. The van der Waals surface area contributed by atoms with Gasteiger partial charge in [-0.05, 0) is 56.2 Å². The summed E-state index contributed by atoms with van der Waals surface area (Å²) in [5.74, 6) is -0.552. The Labute approximate surface area is 163 Å². The Morgan fingerprint density at radius 1 is 1.04 bits per heavy atom. The van der Waals surface area contributed by atoms with Gasteiger partial charge < -0.3 is 15.4 Å². The number of carbonyl (C=O) groups excluding carboxylic acids is 2. The molecule has 0 saturated heterocycles. The van der Waals surface area contributed by atoms with Crippen LogP contribution in [0.5, 0.6) is 0 Å². The van der Waals surface area contributed by atoms with Gasteiger partial charge in [-0.1, -0.05) is 12.1 Å². The smallest absolute Gasteiger partial charge is 0.341 e. The van der Waals surface area contributed by atoms with Gasteiger partial charge in [0.25, 0.3) is 0 Å². The number of nitrogens with one attached hydrogen (secondary N) is 2. The number of pyridine rings is 1. The van der Waals surface area contributed by atoms with Crippen molar-refractivity contribution in [2.24, 2.45) is 0 Å². The highest BCUT2D eigenvalue weighted by molar-refractivity contribution is 6.06. The number of benzene rings is 2. The van der Waals surface area contributed by atoms with Gasteiger partial charge in [0.15, 0.2) is 0 Å². The molecule has 0 aliphatic heterocycles. The standard InChI is InChI=1S/C22H23N3O3/c1-5-28-22(27)19-12-23-20-14(3)13(2)6-11-18(20)21(19)25-17-9-7-16(8-10-17)24-15(4)26/h6-12H,5H2,1-4H3,(H,23,25)(H,24,26). The first kappa shape index (κ1) is 19.4. The van der Waals surface area contributed by atoms with E-state index >= 15 is 0 Å². The number of ether oxygens (including phenoxy) is 1. The van der Waals surface area contributed by atoms with E-state index in [0.29, 0.717) is 16.9 Å². The number of amides is 1.